The first-order valence-electron chi connectivity index (χ1n) is 6.84. The SMILES string of the molecule is C[Si](C)(CCCOCC1CO1)O[Si]c1ccccc1. The zero-order valence-electron chi connectivity index (χ0n) is 11.7. The van der Waals surface area contributed by atoms with Gasteiger partial charge in [0.25, 0.3) is 9.76 Å². The molecule has 0 amide bonds. The third-order valence-electron chi connectivity index (χ3n) is 2.99. The van der Waals surface area contributed by atoms with Crippen LogP contribution in [0.4, 0.5) is 0 Å². The Morgan fingerprint density at radius 1 is 1.32 bits per heavy atom. The number of rotatable bonds is 9. The van der Waals surface area contributed by atoms with Gasteiger partial charge in [-0.15, -0.1) is 0 Å². The Bertz CT molecular complexity index is 366. The molecule has 1 heterocycles. The molecule has 1 fully saturated rings. The quantitative estimate of drug-likeness (QED) is 0.396. The van der Waals surface area contributed by atoms with Gasteiger partial charge in [-0.2, -0.15) is 0 Å². The average molecular weight is 294 g/mol. The lowest BCUT2D eigenvalue weighted by Gasteiger charge is -2.22. The molecule has 1 aromatic carbocycles. The molecule has 1 aromatic rings. The average Bonchev–Trinajstić information content (AvgIpc) is 3.21. The minimum atomic E-state index is -1.55. The summed E-state index contributed by atoms with van der Waals surface area (Å²) < 4.78 is 16.8. The molecule has 1 saturated heterocycles. The van der Waals surface area contributed by atoms with E-state index < -0.39 is 8.32 Å². The summed E-state index contributed by atoms with van der Waals surface area (Å²) in [6.45, 7) is 7.03. The van der Waals surface area contributed by atoms with Gasteiger partial charge in [0.15, 0.2) is 8.32 Å². The molecule has 104 valence electrons. The second-order valence-corrected chi connectivity index (χ2v) is 11.1. The van der Waals surface area contributed by atoms with Crippen LogP contribution in [0, 0.1) is 0 Å². The van der Waals surface area contributed by atoms with Crippen molar-refractivity contribution in [2.24, 2.45) is 0 Å². The van der Waals surface area contributed by atoms with Crippen molar-refractivity contribution in [3.05, 3.63) is 30.3 Å². The van der Waals surface area contributed by atoms with Crippen molar-refractivity contribution >= 4 is 23.3 Å². The highest BCUT2D eigenvalue weighted by molar-refractivity contribution is 6.76. The van der Waals surface area contributed by atoms with E-state index in [1.165, 1.54) is 5.19 Å². The topological polar surface area (TPSA) is 31.0 Å². The van der Waals surface area contributed by atoms with E-state index in [9.17, 15) is 0 Å². The molecule has 0 saturated carbocycles. The Morgan fingerprint density at radius 3 is 2.74 bits per heavy atom. The van der Waals surface area contributed by atoms with E-state index in [1.807, 2.05) is 6.07 Å². The van der Waals surface area contributed by atoms with Crippen molar-refractivity contribution in [2.75, 3.05) is 19.8 Å². The van der Waals surface area contributed by atoms with E-state index in [0.29, 0.717) is 15.9 Å². The van der Waals surface area contributed by atoms with Crippen LogP contribution in [0.1, 0.15) is 6.42 Å². The molecule has 19 heavy (non-hydrogen) atoms. The third kappa shape index (κ3) is 6.49. The summed E-state index contributed by atoms with van der Waals surface area (Å²) in [6.07, 6.45) is 1.46. The molecule has 0 N–H and O–H groups in total. The Hall–Kier alpha value is -0.466. The first-order valence-corrected chi connectivity index (χ1v) is 10.9. The second-order valence-electron chi connectivity index (χ2n) is 5.46. The fourth-order valence-corrected chi connectivity index (χ4v) is 5.04. The summed E-state index contributed by atoms with van der Waals surface area (Å²) in [5, 5.41) is 1.28. The van der Waals surface area contributed by atoms with Crippen molar-refractivity contribution in [1.29, 1.82) is 0 Å². The molecule has 1 aliphatic heterocycles. The summed E-state index contributed by atoms with van der Waals surface area (Å²) in [7, 11) is -1.07. The highest BCUT2D eigenvalue weighted by Crippen LogP contribution is 2.14. The van der Waals surface area contributed by atoms with Crippen LogP contribution in [-0.2, 0) is 13.6 Å². The maximum Gasteiger partial charge on any atom is 0.256 e. The second kappa shape index (κ2) is 7.35. The first-order chi connectivity index (χ1) is 9.16. The highest BCUT2D eigenvalue weighted by Gasteiger charge is 2.24. The highest BCUT2D eigenvalue weighted by atomic mass is 28.4. The van der Waals surface area contributed by atoms with Gasteiger partial charge in [0, 0.05) is 6.61 Å². The molecular weight excluding hydrogens is 272 g/mol. The molecule has 3 nitrogen and oxygen atoms in total. The summed E-state index contributed by atoms with van der Waals surface area (Å²) in [6, 6.07) is 11.6. The fourth-order valence-electron chi connectivity index (χ4n) is 1.73. The third-order valence-corrected chi connectivity index (χ3v) is 7.74. The van der Waals surface area contributed by atoms with Crippen LogP contribution in [0.15, 0.2) is 30.3 Å². The lowest BCUT2D eigenvalue weighted by Crippen LogP contribution is -2.36. The van der Waals surface area contributed by atoms with Crippen molar-refractivity contribution in [2.45, 2.75) is 31.7 Å². The van der Waals surface area contributed by atoms with Gasteiger partial charge >= 0.3 is 0 Å². The summed E-state index contributed by atoms with van der Waals surface area (Å²) in [4.78, 5) is 0. The van der Waals surface area contributed by atoms with Gasteiger partial charge in [-0.05, 0) is 30.7 Å². The van der Waals surface area contributed by atoms with E-state index in [1.54, 1.807) is 0 Å². The van der Waals surface area contributed by atoms with Crippen LogP contribution >= 0.6 is 0 Å². The van der Waals surface area contributed by atoms with E-state index in [4.69, 9.17) is 13.6 Å². The van der Waals surface area contributed by atoms with Gasteiger partial charge in [0.05, 0.1) is 13.2 Å². The number of hydrogen-bond acceptors (Lipinski definition) is 3. The molecule has 0 aromatic heterocycles. The summed E-state index contributed by atoms with van der Waals surface area (Å²) in [5.41, 5.74) is 0. The van der Waals surface area contributed by atoms with Gasteiger partial charge in [0.1, 0.15) is 6.10 Å². The van der Waals surface area contributed by atoms with Gasteiger partial charge in [-0.25, -0.2) is 0 Å². The Labute approximate surface area is 119 Å². The molecule has 0 spiro atoms. The summed E-state index contributed by atoms with van der Waals surface area (Å²) in [5.74, 6) is 0. The van der Waals surface area contributed by atoms with E-state index in [0.717, 1.165) is 32.3 Å². The van der Waals surface area contributed by atoms with E-state index >= 15 is 0 Å². The monoisotopic (exact) mass is 294 g/mol. The van der Waals surface area contributed by atoms with Crippen LogP contribution in [0.25, 0.3) is 0 Å². The lowest BCUT2D eigenvalue weighted by molar-refractivity contribution is 0.116. The molecule has 2 radical (unpaired) electrons. The Morgan fingerprint density at radius 2 is 2.05 bits per heavy atom. The van der Waals surface area contributed by atoms with Crippen LogP contribution in [0.2, 0.25) is 19.1 Å². The zero-order chi connectivity index (χ0) is 13.6. The smallest absolute Gasteiger partial charge is 0.256 e. The van der Waals surface area contributed by atoms with E-state index in [2.05, 4.69) is 37.4 Å². The predicted molar refractivity (Wildman–Crippen MR) is 80.4 cm³/mol. The van der Waals surface area contributed by atoms with Crippen molar-refractivity contribution in [3.63, 3.8) is 0 Å². The first kappa shape index (κ1) is 14.9. The van der Waals surface area contributed by atoms with Gasteiger partial charge in [0.2, 0.25) is 0 Å². The standard InChI is InChI=1S/C14H22O3Si2/c1-19(2,10-6-9-15-11-13-12-16-13)17-18-14-7-4-3-5-8-14/h3-5,7-8,13H,6,9-12H2,1-2H3. The molecule has 1 aliphatic rings. The number of epoxide rings is 1. The molecular formula is C14H22O3Si2. The van der Waals surface area contributed by atoms with Crippen molar-refractivity contribution in [3.8, 4) is 0 Å². The van der Waals surface area contributed by atoms with Crippen LogP contribution in [0.5, 0.6) is 0 Å². The van der Waals surface area contributed by atoms with Crippen LogP contribution in [0.3, 0.4) is 0 Å². The van der Waals surface area contributed by atoms with Crippen molar-refractivity contribution < 1.29 is 13.6 Å². The summed E-state index contributed by atoms with van der Waals surface area (Å²) >= 11 is 0. The molecule has 0 aliphatic carbocycles. The maximum absolute atomic E-state index is 6.14. The predicted octanol–water partition coefficient (Wildman–Crippen LogP) is 1.96. The van der Waals surface area contributed by atoms with Crippen molar-refractivity contribution in [1.82, 2.24) is 0 Å². The lowest BCUT2D eigenvalue weighted by atomic mass is 10.4. The largest absolute Gasteiger partial charge is 0.453 e. The Balaban J connectivity index is 1.57. The zero-order valence-corrected chi connectivity index (χ0v) is 13.7. The van der Waals surface area contributed by atoms with E-state index in [-0.39, 0.29) is 0 Å². The minimum absolute atomic E-state index is 0.376. The van der Waals surface area contributed by atoms with Crippen LogP contribution < -0.4 is 5.19 Å². The van der Waals surface area contributed by atoms with Crippen LogP contribution in [-0.4, -0.2) is 44.0 Å². The normalized spacial score (nSPS) is 18.5. The minimum Gasteiger partial charge on any atom is -0.453 e. The van der Waals surface area contributed by atoms with Gasteiger partial charge in [-0.3, -0.25) is 0 Å². The maximum atomic E-state index is 6.14. The fraction of sp³-hybridized carbons (Fsp3) is 0.571. The molecule has 2 rings (SSSR count). The molecule has 1 atom stereocenters. The number of benzene rings is 1. The molecule has 5 heteroatoms. The molecule has 1 unspecified atom stereocenters. The number of ether oxygens (including phenoxy) is 2. The Kier molecular flexibility index (Phi) is 5.78. The van der Waals surface area contributed by atoms with Gasteiger partial charge < -0.3 is 13.6 Å². The van der Waals surface area contributed by atoms with Gasteiger partial charge in [-0.1, -0.05) is 30.3 Å². The molecule has 0 bridgehead atoms. The number of hydrogen-bond donors (Lipinski definition) is 0.